The Bertz CT molecular complexity index is 300. The average molecular weight is 197 g/mol. The summed E-state index contributed by atoms with van der Waals surface area (Å²) in [5, 5.41) is 0.835. The highest BCUT2D eigenvalue weighted by molar-refractivity contribution is 6.30. The molecule has 72 valence electrons. The standard InChI is InChI=1S/C12H17Cl/c1-5-12(3,4)11-8-10(13)7-6-9(11)2/h6-8H,5H2,1-4H3. The summed E-state index contributed by atoms with van der Waals surface area (Å²) >= 11 is 5.98. The smallest absolute Gasteiger partial charge is 0.0409 e. The molecule has 1 aromatic carbocycles. The fourth-order valence-electron chi connectivity index (χ4n) is 1.51. The highest BCUT2D eigenvalue weighted by Crippen LogP contribution is 2.31. The summed E-state index contributed by atoms with van der Waals surface area (Å²) in [5.41, 5.74) is 2.92. The first kappa shape index (κ1) is 10.6. The lowest BCUT2D eigenvalue weighted by molar-refractivity contribution is 0.503. The van der Waals surface area contributed by atoms with Crippen LogP contribution < -0.4 is 0 Å². The van der Waals surface area contributed by atoms with E-state index < -0.39 is 0 Å². The molecule has 0 amide bonds. The largest absolute Gasteiger partial charge is 0.0843 e. The minimum Gasteiger partial charge on any atom is -0.0843 e. The minimum absolute atomic E-state index is 0.231. The van der Waals surface area contributed by atoms with Crippen molar-refractivity contribution < 1.29 is 0 Å². The molecule has 1 heteroatoms. The Labute approximate surface area is 85.9 Å². The van der Waals surface area contributed by atoms with Crippen LogP contribution in [-0.4, -0.2) is 0 Å². The van der Waals surface area contributed by atoms with E-state index in [-0.39, 0.29) is 5.41 Å². The van der Waals surface area contributed by atoms with E-state index in [4.69, 9.17) is 11.6 Å². The molecule has 13 heavy (non-hydrogen) atoms. The second-order valence-electron chi connectivity index (χ2n) is 4.20. The molecule has 0 saturated heterocycles. The molecule has 1 aromatic rings. The highest BCUT2D eigenvalue weighted by Gasteiger charge is 2.19. The molecule has 0 fully saturated rings. The number of halogens is 1. The number of hydrogen-bond donors (Lipinski definition) is 0. The predicted octanol–water partition coefficient (Wildman–Crippen LogP) is 4.34. The van der Waals surface area contributed by atoms with Crippen LogP contribution in [0.5, 0.6) is 0 Å². The summed E-state index contributed by atoms with van der Waals surface area (Å²) in [7, 11) is 0. The van der Waals surface area contributed by atoms with E-state index in [2.05, 4.69) is 39.8 Å². The summed E-state index contributed by atoms with van der Waals surface area (Å²) in [6.45, 7) is 8.86. The molecular weight excluding hydrogens is 180 g/mol. The van der Waals surface area contributed by atoms with Gasteiger partial charge in [0.15, 0.2) is 0 Å². The molecule has 0 aliphatic heterocycles. The molecule has 0 aliphatic rings. The van der Waals surface area contributed by atoms with Crippen molar-refractivity contribution in [1.82, 2.24) is 0 Å². The first-order valence-corrected chi connectivity index (χ1v) is 5.12. The van der Waals surface area contributed by atoms with Gasteiger partial charge in [-0.1, -0.05) is 38.4 Å². The van der Waals surface area contributed by atoms with Crippen LogP contribution in [0.1, 0.15) is 38.3 Å². The van der Waals surface area contributed by atoms with Gasteiger partial charge in [0.05, 0.1) is 0 Å². The van der Waals surface area contributed by atoms with Crippen LogP contribution in [0.25, 0.3) is 0 Å². The molecule has 0 nitrogen and oxygen atoms in total. The normalized spacial score (nSPS) is 11.8. The van der Waals surface area contributed by atoms with Crippen molar-refractivity contribution in [3.05, 3.63) is 34.3 Å². The molecule has 0 bridgehead atoms. The Kier molecular flexibility index (Phi) is 3.02. The van der Waals surface area contributed by atoms with Gasteiger partial charge in [-0.3, -0.25) is 0 Å². The molecule has 0 radical (unpaired) electrons. The number of aryl methyl sites for hydroxylation is 1. The molecule has 0 atom stereocenters. The van der Waals surface area contributed by atoms with E-state index in [1.54, 1.807) is 0 Å². The summed E-state index contributed by atoms with van der Waals surface area (Å²) in [6, 6.07) is 6.13. The summed E-state index contributed by atoms with van der Waals surface area (Å²) in [4.78, 5) is 0. The van der Waals surface area contributed by atoms with Gasteiger partial charge in [0, 0.05) is 5.02 Å². The van der Waals surface area contributed by atoms with E-state index in [1.165, 1.54) is 11.1 Å². The molecule has 0 heterocycles. The summed E-state index contributed by atoms with van der Waals surface area (Å²) in [6.07, 6.45) is 1.13. The van der Waals surface area contributed by atoms with Gasteiger partial charge < -0.3 is 0 Å². The van der Waals surface area contributed by atoms with Crippen molar-refractivity contribution in [2.45, 2.75) is 39.5 Å². The van der Waals surface area contributed by atoms with Gasteiger partial charge in [-0.2, -0.15) is 0 Å². The van der Waals surface area contributed by atoms with Gasteiger partial charge in [-0.15, -0.1) is 0 Å². The second-order valence-corrected chi connectivity index (χ2v) is 4.63. The third kappa shape index (κ3) is 2.25. The van der Waals surface area contributed by atoms with E-state index in [1.807, 2.05) is 6.07 Å². The quantitative estimate of drug-likeness (QED) is 0.661. The van der Waals surface area contributed by atoms with E-state index >= 15 is 0 Å². The molecular formula is C12H17Cl. The lowest BCUT2D eigenvalue weighted by atomic mass is 9.80. The van der Waals surface area contributed by atoms with Crippen molar-refractivity contribution in [2.24, 2.45) is 0 Å². The third-order valence-corrected chi connectivity index (χ3v) is 3.05. The van der Waals surface area contributed by atoms with Crippen molar-refractivity contribution in [3.8, 4) is 0 Å². The summed E-state index contributed by atoms with van der Waals surface area (Å²) < 4.78 is 0. The van der Waals surface area contributed by atoms with E-state index in [0.717, 1.165) is 11.4 Å². The van der Waals surface area contributed by atoms with Crippen molar-refractivity contribution in [1.29, 1.82) is 0 Å². The molecule has 0 N–H and O–H groups in total. The third-order valence-electron chi connectivity index (χ3n) is 2.81. The Morgan fingerprint density at radius 3 is 2.46 bits per heavy atom. The predicted molar refractivity (Wildman–Crippen MR) is 59.5 cm³/mol. The van der Waals surface area contributed by atoms with Gasteiger partial charge in [-0.25, -0.2) is 0 Å². The Balaban J connectivity index is 3.20. The Morgan fingerprint density at radius 2 is 1.92 bits per heavy atom. The van der Waals surface area contributed by atoms with Gasteiger partial charge in [-0.05, 0) is 42.0 Å². The van der Waals surface area contributed by atoms with Gasteiger partial charge >= 0.3 is 0 Å². The maximum atomic E-state index is 5.98. The fourth-order valence-corrected chi connectivity index (χ4v) is 1.69. The van der Waals surface area contributed by atoms with Crippen LogP contribution in [0.4, 0.5) is 0 Å². The molecule has 0 saturated carbocycles. The van der Waals surface area contributed by atoms with Crippen LogP contribution >= 0.6 is 11.6 Å². The van der Waals surface area contributed by atoms with Crippen LogP contribution in [0.2, 0.25) is 5.02 Å². The van der Waals surface area contributed by atoms with Crippen LogP contribution in [0, 0.1) is 6.92 Å². The fraction of sp³-hybridized carbons (Fsp3) is 0.500. The maximum Gasteiger partial charge on any atom is 0.0409 e. The zero-order chi connectivity index (χ0) is 10.1. The molecule has 0 aliphatic carbocycles. The maximum absolute atomic E-state index is 5.98. The van der Waals surface area contributed by atoms with Gasteiger partial charge in [0.2, 0.25) is 0 Å². The Morgan fingerprint density at radius 1 is 1.31 bits per heavy atom. The van der Waals surface area contributed by atoms with Gasteiger partial charge in [0.25, 0.3) is 0 Å². The topological polar surface area (TPSA) is 0 Å². The van der Waals surface area contributed by atoms with Crippen LogP contribution in [-0.2, 0) is 5.41 Å². The summed E-state index contributed by atoms with van der Waals surface area (Å²) in [5.74, 6) is 0. The monoisotopic (exact) mass is 196 g/mol. The lowest BCUT2D eigenvalue weighted by Crippen LogP contribution is -2.16. The van der Waals surface area contributed by atoms with Crippen molar-refractivity contribution >= 4 is 11.6 Å². The first-order valence-electron chi connectivity index (χ1n) is 4.74. The lowest BCUT2D eigenvalue weighted by Gasteiger charge is -2.25. The number of benzene rings is 1. The molecule has 0 spiro atoms. The molecule has 1 rings (SSSR count). The van der Waals surface area contributed by atoms with Crippen molar-refractivity contribution in [2.75, 3.05) is 0 Å². The first-order chi connectivity index (χ1) is 5.97. The minimum atomic E-state index is 0.231. The van der Waals surface area contributed by atoms with Crippen molar-refractivity contribution in [3.63, 3.8) is 0 Å². The van der Waals surface area contributed by atoms with Crippen LogP contribution in [0.3, 0.4) is 0 Å². The number of hydrogen-bond acceptors (Lipinski definition) is 0. The van der Waals surface area contributed by atoms with Gasteiger partial charge in [0.1, 0.15) is 0 Å². The highest BCUT2D eigenvalue weighted by atomic mass is 35.5. The Hall–Kier alpha value is -0.490. The molecule has 0 unspecified atom stereocenters. The zero-order valence-corrected chi connectivity index (χ0v) is 9.57. The average Bonchev–Trinajstić information content (AvgIpc) is 2.09. The van der Waals surface area contributed by atoms with Crippen LogP contribution in [0.15, 0.2) is 18.2 Å². The van der Waals surface area contributed by atoms with E-state index in [9.17, 15) is 0 Å². The zero-order valence-electron chi connectivity index (χ0n) is 8.82. The SMILES string of the molecule is CCC(C)(C)c1cc(Cl)ccc1C. The van der Waals surface area contributed by atoms with E-state index in [0.29, 0.717) is 0 Å². The number of rotatable bonds is 2. The second kappa shape index (κ2) is 3.71. The molecule has 0 aromatic heterocycles.